The van der Waals surface area contributed by atoms with Crippen LogP contribution in [-0.4, -0.2) is 23.9 Å². The Morgan fingerprint density at radius 3 is 2.59 bits per heavy atom. The Kier molecular flexibility index (Phi) is 3.72. The van der Waals surface area contributed by atoms with Crippen molar-refractivity contribution in [2.24, 2.45) is 5.92 Å². The highest BCUT2D eigenvalue weighted by Gasteiger charge is 2.22. The molecule has 0 atom stereocenters. The molecular formula is C14H18ClNO. The maximum atomic E-state index is 12.3. The van der Waals surface area contributed by atoms with E-state index in [9.17, 15) is 4.79 Å². The third kappa shape index (κ3) is 2.81. The molecule has 92 valence electrons. The van der Waals surface area contributed by atoms with Gasteiger partial charge in [0.05, 0.1) is 10.6 Å². The van der Waals surface area contributed by atoms with E-state index in [1.54, 1.807) is 0 Å². The Morgan fingerprint density at radius 1 is 1.35 bits per heavy atom. The number of piperidine rings is 1. The zero-order valence-corrected chi connectivity index (χ0v) is 11.1. The SMILES string of the molecule is Cc1ccc(C(=O)N2CCC(C)CC2)c(Cl)c1. The summed E-state index contributed by atoms with van der Waals surface area (Å²) >= 11 is 6.12. The smallest absolute Gasteiger partial charge is 0.255 e. The van der Waals surface area contributed by atoms with Gasteiger partial charge in [-0.3, -0.25) is 4.79 Å². The summed E-state index contributed by atoms with van der Waals surface area (Å²) in [7, 11) is 0. The minimum Gasteiger partial charge on any atom is -0.339 e. The standard InChI is InChI=1S/C14H18ClNO/c1-10-5-7-16(8-6-10)14(17)12-4-3-11(2)9-13(12)15/h3-4,9-10H,5-8H2,1-2H3. The zero-order chi connectivity index (χ0) is 12.4. The minimum atomic E-state index is 0.0712. The van der Waals surface area contributed by atoms with Crippen LogP contribution in [-0.2, 0) is 0 Å². The van der Waals surface area contributed by atoms with Crippen LogP contribution in [0.3, 0.4) is 0 Å². The van der Waals surface area contributed by atoms with Crippen LogP contribution in [0.2, 0.25) is 5.02 Å². The van der Waals surface area contributed by atoms with E-state index in [4.69, 9.17) is 11.6 Å². The van der Waals surface area contributed by atoms with Gasteiger partial charge in [-0.15, -0.1) is 0 Å². The van der Waals surface area contributed by atoms with E-state index in [1.807, 2.05) is 30.0 Å². The van der Waals surface area contributed by atoms with Crippen LogP contribution in [0.1, 0.15) is 35.7 Å². The van der Waals surface area contributed by atoms with Gasteiger partial charge < -0.3 is 4.90 Å². The molecule has 0 radical (unpaired) electrons. The Hall–Kier alpha value is -1.02. The van der Waals surface area contributed by atoms with Gasteiger partial charge >= 0.3 is 0 Å². The molecule has 1 aromatic carbocycles. The zero-order valence-electron chi connectivity index (χ0n) is 10.4. The number of halogens is 1. The summed E-state index contributed by atoms with van der Waals surface area (Å²) in [5.41, 5.74) is 1.71. The second kappa shape index (κ2) is 5.09. The molecule has 1 aromatic rings. The molecule has 1 saturated heterocycles. The summed E-state index contributed by atoms with van der Waals surface area (Å²) in [6.45, 7) is 5.91. The van der Waals surface area contributed by atoms with E-state index in [0.717, 1.165) is 37.4 Å². The van der Waals surface area contributed by atoms with E-state index in [1.165, 1.54) is 0 Å². The molecule has 0 saturated carbocycles. The fraction of sp³-hybridized carbons (Fsp3) is 0.500. The van der Waals surface area contributed by atoms with Crippen molar-refractivity contribution < 1.29 is 4.79 Å². The second-order valence-corrected chi connectivity index (χ2v) is 5.37. The van der Waals surface area contributed by atoms with Crippen LogP contribution in [0.25, 0.3) is 0 Å². The van der Waals surface area contributed by atoms with Crippen LogP contribution < -0.4 is 0 Å². The molecule has 0 N–H and O–H groups in total. The van der Waals surface area contributed by atoms with E-state index >= 15 is 0 Å². The van der Waals surface area contributed by atoms with Gasteiger partial charge in [0.2, 0.25) is 0 Å². The molecule has 0 spiro atoms. The topological polar surface area (TPSA) is 20.3 Å². The third-order valence-electron chi connectivity index (χ3n) is 3.43. The number of benzene rings is 1. The maximum absolute atomic E-state index is 12.3. The predicted molar refractivity (Wildman–Crippen MR) is 70.5 cm³/mol. The van der Waals surface area contributed by atoms with Crippen molar-refractivity contribution in [3.05, 3.63) is 34.3 Å². The minimum absolute atomic E-state index is 0.0712. The summed E-state index contributed by atoms with van der Waals surface area (Å²) in [5.74, 6) is 0.800. The van der Waals surface area contributed by atoms with Crippen molar-refractivity contribution >= 4 is 17.5 Å². The maximum Gasteiger partial charge on any atom is 0.255 e. The summed E-state index contributed by atoms with van der Waals surface area (Å²) in [6.07, 6.45) is 2.18. The van der Waals surface area contributed by atoms with E-state index in [-0.39, 0.29) is 5.91 Å². The quantitative estimate of drug-likeness (QED) is 0.748. The summed E-state index contributed by atoms with van der Waals surface area (Å²) in [5, 5.41) is 0.564. The number of hydrogen-bond acceptors (Lipinski definition) is 1. The normalized spacial score (nSPS) is 17.2. The average molecular weight is 252 g/mol. The molecule has 2 rings (SSSR count). The lowest BCUT2D eigenvalue weighted by Crippen LogP contribution is -2.38. The molecular weight excluding hydrogens is 234 g/mol. The molecule has 0 aromatic heterocycles. The summed E-state index contributed by atoms with van der Waals surface area (Å²) in [6, 6.07) is 5.62. The third-order valence-corrected chi connectivity index (χ3v) is 3.74. The van der Waals surface area contributed by atoms with Gasteiger partial charge in [-0.05, 0) is 43.4 Å². The predicted octanol–water partition coefficient (Wildman–Crippen LogP) is 3.52. The number of rotatable bonds is 1. The fourth-order valence-electron chi connectivity index (χ4n) is 2.18. The first kappa shape index (κ1) is 12.4. The van der Waals surface area contributed by atoms with Gasteiger partial charge in [0.1, 0.15) is 0 Å². The molecule has 1 heterocycles. The Labute approximate surface area is 108 Å². The highest BCUT2D eigenvalue weighted by Crippen LogP contribution is 2.22. The van der Waals surface area contributed by atoms with Crippen LogP contribution in [0.4, 0.5) is 0 Å². The number of aryl methyl sites for hydroxylation is 1. The monoisotopic (exact) mass is 251 g/mol. The lowest BCUT2D eigenvalue weighted by molar-refractivity contribution is 0.0697. The first-order chi connectivity index (χ1) is 8.08. The van der Waals surface area contributed by atoms with Crippen molar-refractivity contribution in [3.8, 4) is 0 Å². The van der Waals surface area contributed by atoms with Crippen LogP contribution >= 0.6 is 11.6 Å². The molecule has 2 nitrogen and oxygen atoms in total. The van der Waals surface area contributed by atoms with Crippen LogP contribution in [0, 0.1) is 12.8 Å². The van der Waals surface area contributed by atoms with E-state index in [0.29, 0.717) is 10.6 Å². The number of nitrogens with zero attached hydrogens (tertiary/aromatic N) is 1. The van der Waals surface area contributed by atoms with E-state index in [2.05, 4.69) is 6.92 Å². The molecule has 0 unspecified atom stereocenters. The molecule has 17 heavy (non-hydrogen) atoms. The van der Waals surface area contributed by atoms with E-state index < -0.39 is 0 Å². The van der Waals surface area contributed by atoms with Crippen LogP contribution in [0.15, 0.2) is 18.2 Å². The first-order valence-electron chi connectivity index (χ1n) is 6.13. The summed E-state index contributed by atoms with van der Waals surface area (Å²) in [4.78, 5) is 14.2. The molecule has 3 heteroatoms. The fourth-order valence-corrected chi connectivity index (χ4v) is 2.49. The number of amides is 1. The van der Waals surface area contributed by atoms with Gasteiger partial charge in [0.15, 0.2) is 0 Å². The number of carbonyl (C=O) groups excluding carboxylic acids is 1. The summed E-state index contributed by atoms with van der Waals surface area (Å²) < 4.78 is 0. The van der Waals surface area contributed by atoms with Gasteiger partial charge in [-0.1, -0.05) is 24.6 Å². The molecule has 1 aliphatic rings. The molecule has 1 aliphatic heterocycles. The molecule has 0 aliphatic carbocycles. The van der Waals surface area contributed by atoms with Gasteiger partial charge in [0, 0.05) is 13.1 Å². The lowest BCUT2D eigenvalue weighted by atomic mass is 9.98. The first-order valence-corrected chi connectivity index (χ1v) is 6.51. The van der Waals surface area contributed by atoms with Gasteiger partial charge in [0.25, 0.3) is 5.91 Å². The molecule has 0 bridgehead atoms. The van der Waals surface area contributed by atoms with Crippen LogP contribution in [0.5, 0.6) is 0 Å². The van der Waals surface area contributed by atoms with Gasteiger partial charge in [-0.2, -0.15) is 0 Å². The van der Waals surface area contributed by atoms with Crippen molar-refractivity contribution in [1.82, 2.24) is 4.90 Å². The average Bonchev–Trinajstić information content (AvgIpc) is 2.29. The van der Waals surface area contributed by atoms with Crippen molar-refractivity contribution in [2.75, 3.05) is 13.1 Å². The highest BCUT2D eigenvalue weighted by atomic mass is 35.5. The van der Waals surface area contributed by atoms with Crippen molar-refractivity contribution in [3.63, 3.8) is 0 Å². The number of carbonyl (C=O) groups is 1. The Bertz CT molecular complexity index is 422. The largest absolute Gasteiger partial charge is 0.339 e. The molecule has 1 fully saturated rings. The Morgan fingerprint density at radius 2 is 2.00 bits per heavy atom. The van der Waals surface area contributed by atoms with Crippen molar-refractivity contribution in [1.29, 1.82) is 0 Å². The Balaban J connectivity index is 2.14. The lowest BCUT2D eigenvalue weighted by Gasteiger charge is -2.30. The van der Waals surface area contributed by atoms with Crippen molar-refractivity contribution in [2.45, 2.75) is 26.7 Å². The number of likely N-dealkylation sites (tertiary alicyclic amines) is 1. The highest BCUT2D eigenvalue weighted by molar-refractivity contribution is 6.33. The van der Waals surface area contributed by atoms with Gasteiger partial charge in [-0.25, -0.2) is 0 Å². The molecule has 1 amide bonds. The number of hydrogen-bond donors (Lipinski definition) is 0. The second-order valence-electron chi connectivity index (χ2n) is 4.96.